The Hall–Kier alpha value is -3.48. The molecule has 19 heteroatoms. The molecule has 6 aromatic rings. The van der Waals surface area contributed by atoms with Crippen LogP contribution < -0.4 is 14.5 Å². The Morgan fingerprint density at radius 2 is 1.00 bits per heavy atom. The second kappa shape index (κ2) is 20.6. The van der Waals surface area contributed by atoms with Gasteiger partial charge in [-0.1, -0.05) is 84.0 Å². The Morgan fingerprint density at radius 1 is 0.581 bits per heavy atom. The average molecular weight is 995 g/mol. The number of sulfonamides is 2. The molecule has 4 heterocycles. The summed E-state index contributed by atoms with van der Waals surface area (Å²) in [7, 11) is -7.40. The molecule has 2 aromatic heterocycles. The predicted molar refractivity (Wildman–Crippen MR) is 255 cm³/mol. The lowest BCUT2D eigenvalue weighted by molar-refractivity contribution is 0.340. The van der Waals surface area contributed by atoms with Crippen molar-refractivity contribution in [1.82, 2.24) is 18.6 Å². The van der Waals surface area contributed by atoms with Crippen LogP contribution in [0, 0.1) is 0 Å². The van der Waals surface area contributed by atoms with Crippen LogP contribution in [-0.2, 0) is 26.5 Å². The average Bonchev–Trinajstić information content (AvgIpc) is 3.98. The number of hydrogen-bond acceptors (Lipinski definition) is 11. The monoisotopic (exact) mass is 992 g/mol. The summed E-state index contributed by atoms with van der Waals surface area (Å²) >= 11 is 27.4. The van der Waals surface area contributed by atoms with E-state index >= 15 is 0 Å². The van der Waals surface area contributed by atoms with E-state index in [1.165, 1.54) is 38.4 Å². The van der Waals surface area contributed by atoms with Crippen LogP contribution in [0.15, 0.2) is 105 Å². The maximum absolute atomic E-state index is 13.0. The van der Waals surface area contributed by atoms with Gasteiger partial charge in [0.05, 0.1) is 28.0 Å². The summed E-state index contributed by atoms with van der Waals surface area (Å²) in [5.74, 6) is 0.832. The van der Waals surface area contributed by atoms with Crippen LogP contribution in [0.5, 0.6) is 5.75 Å². The van der Waals surface area contributed by atoms with Crippen LogP contribution in [0.2, 0.25) is 20.1 Å². The molecule has 11 nitrogen and oxygen atoms in total. The van der Waals surface area contributed by atoms with E-state index in [0.717, 1.165) is 51.4 Å². The Balaban J connectivity index is 0.000000186. The van der Waals surface area contributed by atoms with Gasteiger partial charge in [-0.15, -0.1) is 22.7 Å². The van der Waals surface area contributed by atoms with Crippen molar-refractivity contribution in [3.8, 4) is 28.3 Å². The second-order valence-electron chi connectivity index (χ2n) is 14.4. The van der Waals surface area contributed by atoms with Gasteiger partial charge in [0.15, 0.2) is 10.3 Å². The van der Waals surface area contributed by atoms with Crippen molar-refractivity contribution in [3.63, 3.8) is 0 Å². The highest BCUT2D eigenvalue weighted by Gasteiger charge is 2.33. The zero-order valence-corrected chi connectivity index (χ0v) is 40.2. The van der Waals surface area contributed by atoms with E-state index in [1.807, 2.05) is 36.6 Å². The van der Waals surface area contributed by atoms with Crippen molar-refractivity contribution in [2.75, 3.05) is 68.8 Å². The molecule has 2 saturated heterocycles. The Labute approximate surface area is 391 Å². The van der Waals surface area contributed by atoms with Gasteiger partial charge in [-0.05, 0) is 79.6 Å². The largest absolute Gasteiger partial charge is 0.494 e. The predicted octanol–water partition coefficient (Wildman–Crippen LogP) is 10.6. The summed E-state index contributed by atoms with van der Waals surface area (Å²) in [5.41, 5.74) is 5.29. The molecule has 0 unspecified atom stereocenters. The number of hydrogen-bond donors (Lipinski definition) is 0. The molecule has 4 aromatic carbocycles. The number of rotatable bonds is 12. The van der Waals surface area contributed by atoms with Crippen molar-refractivity contribution >= 4 is 99.4 Å². The fourth-order valence-electron chi connectivity index (χ4n) is 6.97. The minimum Gasteiger partial charge on any atom is -0.494 e. The molecule has 0 aliphatic carbocycles. The number of aromatic nitrogens is 2. The van der Waals surface area contributed by atoms with E-state index in [-0.39, 0.29) is 19.8 Å². The van der Waals surface area contributed by atoms with Gasteiger partial charge >= 0.3 is 0 Å². The maximum Gasteiger partial charge on any atom is 0.244 e. The highest BCUT2D eigenvalue weighted by Crippen LogP contribution is 2.34. The summed E-state index contributed by atoms with van der Waals surface area (Å²) in [6.45, 7) is 8.43. The Bertz CT molecular complexity index is 2500. The van der Waals surface area contributed by atoms with Crippen LogP contribution in [0.25, 0.3) is 22.5 Å². The fraction of sp³-hybridized carbons (Fsp3) is 0.302. The molecule has 62 heavy (non-hydrogen) atoms. The van der Waals surface area contributed by atoms with Crippen LogP contribution in [0.4, 0.5) is 10.3 Å². The number of ether oxygens (including phenoxy) is 1. The zero-order chi connectivity index (χ0) is 44.0. The molecule has 0 saturated carbocycles. The molecule has 2 fully saturated rings. The number of benzene rings is 4. The Morgan fingerprint density at radius 3 is 1.40 bits per heavy atom. The van der Waals surface area contributed by atoms with E-state index < -0.39 is 20.0 Å². The lowest BCUT2D eigenvalue weighted by atomic mass is 10.1. The summed E-state index contributed by atoms with van der Waals surface area (Å²) < 4.78 is 60.4. The van der Waals surface area contributed by atoms with Crippen LogP contribution in [-0.4, -0.2) is 94.4 Å². The topological polar surface area (TPSA) is 116 Å². The first kappa shape index (κ1) is 46.5. The summed E-state index contributed by atoms with van der Waals surface area (Å²) in [6, 6.07) is 25.4. The lowest BCUT2D eigenvalue weighted by Crippen LogP contribution is -2.48. The third kappa shape index (κ3) is 10.9. The van der Waals surface area contributed by atoms with Crippen molar-refractivity contribution in [1.29, 1.82) is 0 Å². The molecule has 328 valence electrons. The fourth-order valence-corrected chi connectivity index (χ4v) is 13.1. The lowest BCUT2D eigenvalue weighted by Gasteiger charge is -2.34. The van der Waals surface area contributed by atoms with Gasteiger partial charge in [0, 0.05) is 84.3 Å². The molecule has 0 radical (unpaired) electrons. The molecule has 0 atom stereocenters. The van der Waals surface area contributed by atoms with Crippen LogP contribution in [0.1, 0.15) is 25.8 Å². The number of halogens is 4. The van der Waals surface area contributed by atoms with Crippen molar-refractivity contribution in [2.24, 2.45) is 0 Å². The molecule has 0 amide bonds. The first-order valence-electron chi connectivity index (χ1n) is 19.9. The van der Waals surface area contributed by atoms with E-state index in [9.17, 15) is 16.8 Å². The van der Waals surface area contributed by atoms with E-state index in [1.54, 1.807) is 34.8 Å². The highest BCUT2D eigenvalue weighted by atomic mass is 35.5. The maximum atomic E-state index is 13.0. The first-order valence-corrected chi connectivity index (χ1v) is 26.1. The van der Waals surface area contributed by atoms with Gasteiger partial charge in [-0.2, -0.15) is 8.61 Å². The SMILES string of the molecule is CCCc1ccc(-c2csc(N3CCN(S(=O)(=O)c4cc(Cl)ccc4Cl)CC3)n2)cc1.CCOc1ccc(-c2csc(N3CCN(S(=O)(=O)c4cc(Cl)ccc4Cl)CC3)n2)cc1. The van der Waals surface area contributed by atoms with Crippen LogP contribution in [0.3, 0.4) is 0 Å². The zero-order valence-electron chi connectivity index (χ0n) is 33.9. The Kier molecular flexibility index (Phi) is 15.4. The molecule has 8 rings (SSSR count). The summed E-state index contributed by atoms with van der Waals surface area (Å²) in [4.78, 5) is 13.9. The molecular weight excluding hydrogens is 951 g/mol. The van der Waals surface area contributed by atoms with Crippen molar-refractivity contribution in [3.05, 3.63) is 121 Å². The third-order valence-electron chi connectivity index (χ3n) is 10.3. The van der Waals surface area contributed by atoms with Gasteiger partial charge in [0.2, 0.25) is 20.0 Å². The van der Waals surface area contributed by atoms with Gasteiger partial charge in [-0.3, -0.25) is 0 Å². The van der Waals surface area contributed by atoms with Crippen molar-refractivity contribution in [2.45, 2.75) is 36.5 Å². The van der Waals surface area contributed by atoms with Crippen molar-refractivity contribution < 1.29 is 21.6 Å². The van der Waals surface area contributed by atoms with E-state index in [2.05, 4.69) is 46.4 Å². The number of thiazole rings is 2. The number of anilines is 2. The molecule has 0 bridgehead atoms. The smallest absolute Gasteiger partial charge is 0.244 e. The van der Waals surface area contributed by atoms with Gasteiger partial charge in [0.25, 0.3) is 0 Å². The molecule has 0 spiro atoms. The standard InChI is InChI=1S/C22H23Cl2N3O2S2.C21H21Cl2N3O3S2/c1-2-3-16-4-6-17(7-5-16)20-15-30-22(25-20)26-10-12-27(13-11-26)31(28,29)21-14-18(23)8-9-19(21)24;1-2-29-17-6-3-15(4-7-17)19-14-30-21(24-19)25-9-11-26(12-10-25)31(27,28)20-13-16(22)5-8-18(20)23/h4-9,14-15H,2-3,10-13H2,1H3;3-8,13-14H,2,9-12H2,1H3. The normalized spacial score (nSPS) is 15.3. The summed E-state index contributed by atoms with van der Waals surface area (Å²) in [5, 5.41) is 6.89. The van der Waals surface area contributed by atoms with Gasteiger partial charge in [0.1, 0.15) is 15.5 Å². The summed E-state index contributed by atoms with van der Waals surface area (Å²) in [6.07, 6.45) is 2.21. The van der Waals surface area contributed by atoms with Crippen LogP contribution >= 0.6 is 69.1 Å². The third-order valence-corrected chi connectivity index (χ3v) is 17.3. The highest BCUT2D eigenvalue weighted by molar-refractivity contribution is 7.89. The number of nitrogens with zero attached hydrogens (tertiary/aromatic N) is 6. The quantitative estimate of drug-likeness (QED) is 0.118. The van der Waals surface area contributed by atoms with Gasteiger partial charge in [-0.25, -0.2) is 26.8 Å². The van der Waals surface area contributed by atoms with E-state index in [4.69, 9.17) is 61.1 Å². The molecular formula is C43H44Cl4N6O5S4. The minimum atomic E-state index is -3.71. The molecule has 2 aliphatic heterocycles. The number of aryl methyl sites for hydroxylation is 1. The minimum absolute atomic E-state index is 0.0437. The molecule has 2 aliphatic rings. The molecule has 0 N–H and O–H groups in total. The van der Waals surface area contributed by atoms with E-state index in [0.29, 0.717) is 69.0 Å². The van der Waals surface area contributed by atoms with Gasteiger partial charge < -0.3 is 14.5 Å². The second-order valence-corrected chi connectivity index (χ2v) is 21.5. The number of piperazine rings is 2. The first-order chi connectivity index (χ1) is 29.8.